The van der Waals surface area contributed by atoms with Crippen LogP contribution in [0.15, 0.2) is 22.8 Å². The second-order valence-corrected chi connectivity index (χ2v) is 6.51. The van der Waals surface area contributed by atoms with Crippen molar-refractivity contribution in [2.45, 2.75) is 39.4 Å². The fourth-order valence-electron chi connectivity index (χ4n) is 2.44. The minimum absolute atomic E-state index is 0.442. The van der Waals surface area contributed by atoms with Gasteiger partial charge in [-0.3, -0.25) is 0 Å². The smallest absolute Gasteiger partial charge is 0.127 e. The molecule has 1 N–H and O–H groups in total. The molecule has 1 aromatic heterocycles. The first-order valence-electron chi connectivity index (χ1n) is 7.18. The first kappa shape index (κ1) is 14.5. The van der Waals surface area contributed by atoms with Crippen LogP contribution in [0.5, 0.6) is 5.75 Å². The average molecular weight is 351 g/mol. The second kappa shape index (κ2) is 6.15. The Morgan fingerprint density at radius 3 is 3.10 bits per heavy atom. The van der Waals surface area contributed by atoms with Crippen molar-refractivity contribution < 1.29 is 4.74 Å². The third-order valence-electron chi connectivity index (χ3n) is 3.44. The van der Waals surface area contributed by atoms with Crippen LogP contribution >= 0.6 is 15.9 Å². The Kier molecular flexibility index (Phi) is 4.26. The molecule has 2 aromatic rings. The highest BCUT2D eigenvalue weighted by Gasteiger charge is 2.18. The van der Waals surface area contributed by atoms with Crippen molar-refractivity contribution in [1.82, 2.24) is 20.3 Å². The monoisotopic (exact) mass is 350 g/mol. The molecule has 2 heterocycles. The lowest BCUT2D eigenvalue weighted by Gasteiger charge is -2.08. The molecule has 0 radical (unpaired) electrons. The summed E-state index contributed by atoms with van der Waals surface area (Å²) in [7, 11) is 0. The zero-order valence-corrected chi connectivity index (χ0v) is 13.9. The molecule has 0 atom stereocenters. The Morgan fingerprint density at radius 2 is 2.29 bits per heavy atom. The Hall–Kier alpha value is -1.40. The maximum atomic E-state index is 5.75. The molecule has 1 aliphatic rings. The van der Waals surface area contributed by atoms with Crippen LogP contribution in [0.4, 0.5) is 0 Å². The zero-order chi connectivity index (χ0) is 14.8. The first-order chi connectivity index (χ1) is 10.1. The fraction of sp³-hybridized carbons (Fsp3) is 0.467. The van der Waals surface area contributed by atoms with E-state index >= 15 is 0 Å². The molecule has 6 heteroatoms. The molecule has 5 nitrogen and oxygen atoms in total. The summed E-state index contributed by atoms with van der Waals surface area (Å²) in [4.78, 5) is 0. The Bertz CT molecular complexity index is 639. The van der Waals surface area contributed by atoms with Crippen LogP contribution in [0.2, 0.25) is 0 Å². The van der Waals surface area contributed by atoms with Gasteiger partial charge in [-0.2, -0.15) is 0 Å². The number of nitrogens with zero attached hydrogens (tertiary/aromatic N) is 3. The zero-order valence-electron chi connectivity index (χ0n) is 12.3. The number of hydrogen-bond acceptors (Lipinski definition) is 4. The van der Waals surface area contributed by atoms with Gasteiger partial charge < -0.3 is 10.1 Å². The Labute approximate surface area is 132 Å². The average Bonchev–Trinajstić information content (AvgIpc) is 3.05. The highest BCUT2D eigenvalue weighted by atomic mass is 79.9. The highest BCUT2D eigenvalue weighted by molar-refractivity contribution is 9.10. The first-order valence-corrected chi connectivity index (χ1v) is 7.97. The molecule has 0 saturated carbocycles. The fourth-order valence-corrected chi connectivity index (χ4v) is 3.00. The van der Waals surface area contributed by atoms with E-state index in [0.29, 0.717) is 12.6 Å². The van der Waals surface area contributed by atoms with Gasteiger partial charge in [-0.05, 0) is 17.7 Å². The predicted octanol–water partition coefficient (Wildman–Crippen LogP) is 2.52. The number of hydrogen-bond donors (Lipinski definition) is 1. The molecule has 0 fully saturated rings. The quantitative estimate of drug-likeness (QED) is 0.900. The van der Waals surface area contributed by atoms with Crippen LogP contribution in [-0.4, -0.2) is 27.6 Å². The van der Waals surface area contributed by atoms with E-state index in [1.165, 1.54) is 5.56 Å². The standard InChI is InChI=1S/C15H19BrN4O/c1-10(2)17-7-14-9-20(19-18-14)8-12-6-13(16)5-11-3-4-21-15(11)12/h5-6,9-10,17H,3-4,7-8H2,1-2H3. The van der Waals surface area contributed by atoms with Gasteiger partial charge in [-0.15, -0.1) is 5.10 Å². The molecule has 0 unspecified atom stereocenters. The number of aromatic nitrogens is 3. The summed E-state index contributed by atoms with van der Waals surface area (Å²) < 4.78 is 8.70. The summed E-state index contributed by atoms with van der Waals surface area (Å²) >= 11 is 3.56. The SMILES string of the molecule is CC(C)NCc1cn(Cc2cc(Br)cc3c2OCC3)nn1. The van der Waals surface area contributed by atoms with Gasteiger partial charge in [0.1, 0.15) is 5.75 Å². The third kappa shape index (κ3) is 3.44. The van der Waals surface area contributed by atoms with E-state index in [9.17, 15) is 0 Å². The Balaban J connectivity index is 1.75. The summed E-state index contributed by atoms with van der Waals surface area (Å²) in [6.45, 7) is 6.42. The highest BCUT2D eigenvalue weighted by Crippen LogP contribution is 2.33. The molecule has 3 rings (SSSR count). The lowest BCUT2D eigenvalue weighted by molar-refractivity contribution is 0.352. The van der Waals surface area contributed by atoms with Gasteiger partial charge in [0.2, 0.25) is 0 Å². The minimum Gasteiger partial charge on any atom is -0.493 e. The molecular weight excluding hydrogens is 332 g/mol. The number of fused-ring (bicyclic) bond motifs is 1. The van der Waals surface area contributed by atoms with Crippen molar-refractivity contribution in [2.24, 2.45) is 0 Å². The van der Waals surface area contributed by atoms with Crippen LogP contribution in [0.25, 0.3) is 0 Å². The van der Waals surface area contributed by atoms with Gasteiger partial charge in [0.25, 0.3) is 0 Å². The molecule has 0 bridgehead atoms. The lowest BCUT2D eigenvalue weighted by atomic mass is 10.1. The van der Waals surface area contributed by atoms with E-state index in [2.05, 4.69) is 57.5 Å². The van der Waals surface area contributed by atoms with Crippen LogP contribution in [-0.2, 0) is 19.5 Å². The molecular formula is C15H19BrN4O. The van der Waals surface area contributed by atoms with Crippen molar-refractivity contribution in [3.05, 3.63) is 39.6 Å². The maximum absolute atomic E-state index is 5.75. The number of ether oxygens (including phenoxy) is 1. The van der Waals surface area contributed by atoms with Gasteiger partial charge in [0.05, 0.1) is 25.0 Å². The van der Waals surface area contributed by atoms with Gasteiger partial charge in [0.15, 0.2) is 0 Å². The topological polar surface area (TPSA) is 52.0 Å². The summed E-state index contributed by atoms with van der Waals surface area (Å²) in [6.07, 6.45) is 2.96. The molecule has 0 spiro atoms. The Morgan fingerprint density at radius 1 is 1.43 bits per heavy atom. The number of halogens is 1. The van der Waals surface area contributed by atoms with Crippen molar-refractivity contribution in [3.8, 4) is 5.75 Å². The van der Waals surface area contributed by atoms with E-state index in [4.69, 9.17) is 4.74 Å². The van der Waals surface area contributed by atoms with Crippen molar-refractivity contribution in [1.29, 1.82) is 0 Å². The molecule has 112 valence electrons. The van der Waals surface area contributed by atoms with Gasteiger partial charge in [-0.25, -0.2) is 4.68 Å². The lowest BCUT2D eigenvalue weighted by Crippen LogP contribution is -2.21. The van der Waals surface area contributed by atoms with Crippen molar-refractivity contribution in [3.63, 3.8) is 0 Å². The van der Waals surface area contributed by atoms with Crippen LogP contribution in [0, 0.1) is 0 Å². The molecule has 1 aromatic carbocycles. The number of benzene rings is 1. The van der Waals surface area contributed by atoms with E-state index in [1.54, 1.807) is 0 Å². The third-order valence-corrected chi connectivity index (χ3v) is 3.89. The minimum atomic E-state index is 0.442. The van der Waals surface area contributed by atoms with Gasteiger partial charge >= 0.3 is 0 Å². The summed E-state index contributed by atoms with van der Waals surface area (Å²) in [5, 5.41) is 11.7. The summed E-state index contributed by atoms with van der Waals surface area (Å²) in [5.41, 5.74) is 3.36. The molecule has 0 aliphatic carbocycles. The predicted molar refractivity (Wildman–Crippen MR) is 84.4 cm³/mol. The van der Waals surface area contributed by atoms with Crippen LogP contribution in [0.1, 0.15) is 30.7 Å². The molecule has 1 aliphatic heterocycles. The van der Waals surface area contributed by atoms with Crippen molar-refractivity contribution >= 4 is 15.9 Å². The molecule has 21 heavy (non-hydrogen) atoms. The van der Waals surface area contributed by atoms with Gasteiger partial charge in [-0.1, -0.05) is 35.0 Å². The van der Waals surface area contributed by atoms with Crippen molar-refractivity contribution in [2.75, 3.05) is 6.61 Å². The molecule has 0 saturated heterocycles. The van der Waals surface area contributed by atoms with E-state index in [0.717, 1.165) is 41.1 Å². The van der Waals surface area contributed by atoms with Crippen LogP contribution < -0.4 is 10.1 Å². The van der Waals surface area contributed by atoms with E-state index in [-0.39, 0.29) is 0 Å². The second-order valence-electron chi connectivity index (χ2n) is 5.59. The van der Waals surface area contributed by atoms with E-state index in [1.807, 2.05) is 10.9 Å². The summed E-state index contributed by atoms with van der Waals surface area (Å²) in [6, 6.07) is 4.67. The molecule has 0 amide bonds. The van der Waals surface area contributed by atoms with E-state index < -0.39 is 0 Å². The van der Waals surface area contributed by atoms with Gasteiger partial charge in [0, 0.05) is 29.0 Å². The number of rotatable bonds is 5. The number of nitrogens with one attached hydrogen (secondary N) is 1. The largest absolute Gasteiger partial charge is 0.493 e. The van der Waals surface area contributed by atoms with Crippen LogP contribution in [0.3, 0.4) is 0 Å². The summed E-state index contributed by atoms with van der Waals surface area (Å²) in [5.74, 6) is 1.01. The normalized spacial score (nSPS) is 13.5. The maximum Gasteiger partial charge on any atom is 0.127 e.